The van der Waals surface area contributed by atoms with E-state index in [1.54, 1.807) is 0 Å². The van der Waals surface area contributed by atoms with Crippen molar-refractivity contribution in [1.82, 2.24) is 10.6 Å². The first-order valence-corrected chi connectivity index (χ1v) is 5.54. The maximum Gasteiger partial charge on any atom is 0.103 e. The number of nitrogens with one attached hydrogen (secondary N) is 2. The molecule has 15 heavy (non-hydrogen) atoms. The van der Waals surface area contributed by atoms with Gasteiger partial charge in [-0.1, -0.05) is 41.5 Å². The number of hydrogen-bond acceptors (Lipinski definition) is 2. The second kappa shape index (κ2) is 4.97. The predicted octanol–water partition coefficient (Wildman–Crippen LogP) is 2.24. The molecule has 0 aliphatic carbocycles. The van der Waals surface area contributed by atoms with Crippen molar-refractivity contribution in [3.05, 3.63) is 0 Å². The van der Waals surface area contributed by atoms with Gasteiger partial charge in [-0.15, -0.1) is 0 Å². The van der Waals surface area contributed by atoms with Gasteiger partial charge in [0.2, 0.25) is 0 Å². The van der Waals surface area contributed by atoms with Gasteiger partial charge in [-0.05, 0) is 12.5 Å². The SMILES string of the molecule is CN=C(NC(NC)C(C)(C)C)C(C)(C)C. The maximum absolute atomic E-state index is 4.33. The molecule has 0 amide bonds. The molecule has 0 saturated heterocycles. The van der Waals surface area contributed by atoms with Crippen LogP contribution in [0.25, 0.3) is 0 Å². The first kappa shape index (κ1) is 14.4. The summed E-state index contributed by atoms with van der Waals surface area (Å²) in [4.78, 5) is 4.33. The van der Waals surface area contributed by atoms with Crippen LogP contribution in [0.2, 0.25) is 0 Å². The lowest BCUT2D eigenvalue weighted by atomic mass is 9.89. The Balaban J connectivity index is 4.69. The minimum atomic E-state index is 0.0646. The Bertz CT molecular complexity index is 218. The molecule has 3 heteroatoms. The zero-order chi connectivity index (χ0) is 12.3. The number of amidine groups is 1. The summed E-state index contributed by atoms with van der Waals surface area (Å²) in [6, 6.07) is 0. The van der Waals surface area contributed by atoms with Crippen LogP contribution in [0, 0.1) is 10.8 Å². The average molecular weight is 213 g/mol. The Morgan fingerprint density at radius 1 is 1.07 bits per heavy atom. The summed E-state index contributed by atoms with van der Waals surface area (Å²) in [5.41, 5.74) is 0.227. The third-order valence-electron chi connectivity index (χ3n) is 2.37. The highest BCUT2D eigenvalue weighted by atomic mass is 15.2. The summed E-state index contributed by atoms with van der Waals surface area (Å²) >= 11 is 0. The van der Waals surface area contributed by atoms with Crippen LogP contribution in [0.5, 0.6) is 0 Å². The smallest absolute Gasteiger partial charge is 0.103 e. The first-order chi connectivity index (χ1) is 6.62. The van der Waals surface area contributed by atoms with Gasteiger partial charge in [0.05, 0.1) is 6.17 Å². The standard InChI is InChI=1S/C12H27N3/c1-11(2,3)9(13-7)15-10(14-8)12(4,5)6/h9,13H,1-8H3,(H,14,15). The van der Waals surface area contributed by atoms with Gasteiger partial charge in [-0.25, -0.2) is 0 Å². The van der Waals surface area contributed by atoms with Gasteiger partial charge < -0.3 is 10.6 Å². The fourth-order valence-corrected chi connectivity index (χ4v) is 1.47. The first-order valence-electron chi connectivity index (χ1n) is 5.54. The molecule has 0 bridgehead atoms. The lowest BCUT2D eigenvalue weighted by Crippen LogP contribution is -2.54. The largest absolute Gasteiger partial charge is 0.358 e. The topological polar surface area (TPSA) is 36.4 Å². The normalized spacial score (nSPS) is 16.4. The zero-order valence-electron chi connectivity index (χ0n) is 11.5. The van der Waals surface area contributed by atoms with E-state index in [4.69, 9.17) is 0 Å². The minimum Gasteiger partial charge on any atom is -0.358 e. The highest BCUT2D eigenvalue weighted by Gasteiger charge is 2.27. The Labute approximate surface area is 94.7 Å². The highest BCUT2D eigenvalue weighted by molar-refractivity contribution is 5.87. The second-order valence-electron chi connectivity index (χ2n) is 6.05. The molecular formula is C12H27N3. The number of rotatable bonds is 2. The van der Waals surface area contributed by atoms with Crippen molar-refractivity contribution in [2.45, 2.75) is 47.7 Å². The Morgan fingerprint density at radius 3 is 1.73 bits per heavy atom. The molecule has 90 valence electrons. The summed E-state index contributed by atoms with van der Waals surface area (Å²) in [5.74, 6) is 1.04. The third kappa shape index (κ3) is 4.65. The molecule has 2 N–H and O–H groups in total. The van der Waals surface area contributed by atoms with E-state index >= 15 is 0 Å². The van der Waals surface area contributed by atoms with Crippen molar-refractivity contribution < 1.29 is 0 Å². The molecule has 0 aliphatic heterocycles. The van der Waals surface area contributed by atoms with Gasteiger partial charge in [0, 0.05) is 12.5 Å². The lowest BCUT2D eigenvalue weighted by molar-refractivity contribution is 0.259. The third-order valence-corrected chi connectivity index (χ3v) is 2.37. The molecule has 0 heterocycles. The molecule has 0 aromatic rings. The van der Waals surface area contributed by atoms with Crippen LogP contribution in [-0.4, -0.2) is 26.1 Å². The highest BCUT2D eigenvalue weighted by Crippen LogP contribution is 2.20. The van der Waals surface area contributed by atoms with Crippen molar-refractivity contribution in [2.75, 3.05) is 14.1 Å². The Kier molecular flexibility index (Phi) is 4.78. The summed E-state index contributed by atoms with van der Waals surface area (Å²) < 4.78 is 0. The number of nitrogens with zero attached hydrogens (tertiary/aromatic N) is 1. The quantitative estimate of drug-likeness (QED) is 0.419. The van der Waals surface area contributed by atoms with Crippen LogP contribution in [0.3, 0.4) is 0 Å². The van der Waals surface area contributed by atoms with Crippen molar-refractivity contribution in [3.63, 3.8) is 0 Å². The number of aliphatic imine (C=N–C) groups is 1. The predicted molar refractivity (Wildman–Crippen MR) is 68.3 cm³/mol. The summed E-state index contributed by atoms with van der Waals surface area (Å²) in [6.45, 7) is 13.1. The molecule has 0 aromatic carbocycles. The molecule has 0 fully saturated rings. The van der Waals surface area contributed by atoms with Gasteiger partial charge in [0.1, 0.15) is 5.84 Å². The van der Waals surface area contributed by atoms with Crippen LogP contribution in [0.1, 0.15) is 41.5 Å². The molecule has 0 rings (SSSR count). The average Bonchev–Trinajstić information content (AvgIpc) is 2.01. The molecular weight excluding hydrogens is 186 g/mol. The fourth-order valence-electron chi connectivity index (χ4n) is 1.47. The zero-order valence-corrected chi connectivity index (χ0v) is 11.5. The molecule has 0 spiro atoms. The lowest BCUT2D eigenvalue weighted by Gasteiger charge is -2.35. The Morgan fingerprint density at radius 2 is 1.53 bits per heavy atom. The molecule has 0 aromatic heterocycles. The van der Waals surface area contributed by atoms with Crippen LogP contribution < -0.4 is 10.6 Å². The van der Waals surface area contributed by atoms with Crippen molar-refractivity contribution in [2.24, 2.45) is 15.8 Å². The van der Waals surface area contributed by atoms with E-state index in [1.807, 2.05) is 14.1 Å². The van der Waals surface area contributed by atoms with E-state index in [1.165, 1.54) is 0 Å². The monoisotopic (exact) mass is 213 g/mol. The van der Waals surface area contributed by atoms with E-state index in [0.29, 0.717) is 0 Å². The molecule has 0 saturated carbocycles. The van der Waals surface area contributed by atoms with E-state index in [9.17, 15) is 0 Å². The van der Waals surface area contributed by atoms with E-state index < -0.39 is 0 Å². The second-order valence-corrected chi connectivity index (χ2v) is 6.05. The van der Waals surface area contributed by atoms with Crippen molar-refractivity contribution in [3.8, 4) is 0 Å². The van der Waals surface area contributed by atoms with E-state index in [2.05, 4.69) is 57.2 Å². The van der Waals surface area contributed by atoms with Gasteiger partial charge >= 0.3 is 0 Å². The Hall–Kier alpha value is -0.570. The molecule has 0 radical (unpaired) electrons. The van der Waals surface area contributed by atoms with Crippen LogP contribution in [-0.2, 0) is 0 Å². The molecule has 0 aliphatic rings. The molecule has 1 atom stereocenters. The summed E-state index contributed by atoms with van der Waals surface area (Å²) in [6.07, 6.45) is 0.232. The van der Waals surface area contributed by atoms with Crippen molar-refractivity contribution in [1.29, 1.82) is 0 Å². The molecule has 1 unspecified atom stereocenters. The van der Waals surface area contributed by atoms with E-state index in [-0.39, 0.29) is 17.0 Å². The van der Waals surface area contributed by atoms with Gasteiger partial charge in [-0.2, -0.15) is 0 Å². The van der Waals surface area contributed by atoms with Crippen LogP contribution in [0.15, 0.2) is 4.99 Å². The van der Waals surface area contributed by atoms with Gasteiger partial charge in [0.25, 0.3) is 0 Å². The van der Waals surface area contributed by atoms with Crippen LogP contribution >= 0.6 is 0 Å². The van der Waals surface area contributed by atoms with E-state index in [0.717, 1.165) is 5.84 Å². The number of hydrogen-bond donors (Lipinski definition) is 2. The maximum atomic E-state index is 4.33. The summed E-state index contributed by atoms with van der Waals surface area (Å²) in [5, 5.41) is 6.76. The van der Waals surface area contributed by atoms with Crippen molar-refractivity contribution >= 4 is 5.84 Å². The minimum absolute atomic E-state index is 0.0646. The summed E-state index contributed by atoms with van der Waals surface area (Å²) in [7, 11) is 3.81. The van der Waals surface area contributed by atoms with Crippen LogP contribution in [0.4, 0.5) is 0 Å². The molecule has 3 nitrogen and oxygen atoms in total. The fraction of sp³-hybridized carbons (Fsp3) is 0.917. The van der Waals surface area contributed by atoms with Gasteiger partial charge in [-0.3, -0.25) is 4.99 Å². The van der Waals surface area contributed by atoms with Gasteiger partial charge in [0.15, 0.2) is 0 Å².